The number of aromatic nitrogens is 2. The molecule has 0 bridgehead atoms. The summed E-state index contributed by atoms with van der Waals surface area (Å²) < 4.78 is 5.34. The summed E-state index contributed by atoms with van der Waals surface area (Å²) in [5, 5.41) is 14.4. The molecule has 0 saturated carbocycles. The van der Waals surface area contributed by atoms with E-state index in [2.05, 4.69) is 15.3 Å². The highest BCUT2D eigenvalue weighted by atomic mass is 16.6. The van der Waals surface area contributed by atoms with Gasteiger partial charge in [0.2, 0.25) is 5.82 Å². The van der Waals surface area contributed by atoms with Crippen LogP contribution in [0.5, 0.6) is 5.88 Å². The van der Waals surface area contributed by atoms with Crippen LogP contribution in [0.3, 0.4) is 0 Å². The van der Waals surface area contributed by atoms with Crippen LogP contribution in [0.4, 0.5) is 11.5 Å². The van der Waals surface area contributed by atoms with E-state index in [0.29, 0.717) is 24.8 Å². The van der Waals surface area contributed by atoms with E-state index in [1.807, 2.05) is 34.6 Å². The van der Waals surface area contributed by atoms with Gasteiger partial charge in [-0.3, -0.25) is 10.1 Å². The maximum Gasteiger partial charge on any atom is 0.372 e. The molecule has 0 amide bonds. The molecule has 21 heavy (non-hydrogen) atoms. The molecule has 0 spiro atoms. The van der Waals surface area contributed by atoms with Crippen LogP contribution in [0, 0.1) is 16.0 Å². The lowest BCUT2D eigenvalue weighted by molar-refractivity contribution is -0.385. The maximum absolute atomic E-state index is 11.3. The van der Waals surface area contributed by atoms with Crippen molar-refractivity contribution >= 4 is 11.5 Å². The second-order valence-electron chi connectivity index (χ2n) is 6.31. The average molecular weight is 296 g/mol. The highest BCUT2D eigenvalue weighted by molar-refractivity contribution is 5.62. The molecule has 0 atom stereocenters. The Balaban J connectivity index is 3.39. The Labute approximate surface area is 125 Å². The third kappa shape index (κ3) is 5.17. The minimum absolute atomic E-state index is 0.0277. The Bertz CT molecular complexity index is 510. The molecule has 118 valence electrons. The van der Waals surface area contributed by atoms with E-state index in [9.17, 15) is 10.1 Å². The van der Waals surface area contributed by atoms with Crippen molar-refractivity contribution in [2.75, 3.05) is 11.9 Å². The number of hydrogen-bond acceptors (Lipinski definition) is 6. The van der Waals surface area contributed by atoms with Gasteiger partial charge in [0.1, 0.15) is 5.82 Å². The van der Waals surface area contributed by atoms with Gasteiger partial charge in [-0.2, -0.15) is 4.98 Å². The lowest BCUT2D eigenvalue weighted by Gasteiger charge is -2.22. The van der Waals surface area contributed by atoms with Gasteiger partial charge < -0.3 is 10.1 Å². The minimum atomic E-state index is -0.502. The number of rotatable bonds is 6. The molecule has 0 aliphatic carbocycles. The van der Waals surface area contributed by atoms with E-state index in [1.54, 1.807) is 6.92 Å². The molecule has 0 radical (unpaired) electrons. The van der Waals surface area contributed by atoms with Gasteiger partial charge in [0.05, 0.1) is 11.5 Å². The second kappa shape index (κ2) is 6.69. The zero-order valence-corrected chi connectivity index (χ0v) is 13.6. The molecular weight excluding hydrogens is 272 g/mol. The Morgan fingerprint density at radius 2 is 1.95 bits per heavy atom. The van der Waals surface area contributed by atoms with Gasteiger partial charge in [-0.25, -0.2) is 4.98 Å². The van der Waals surface area contributed by atoms with Crippen molar-refractivity contribution < 1.29 is 9.66 Å². The number of nitro groups is 1. The highest BCUT2D eigenvalue weighted by Gasteiger charge is 2.28. The van der Waals surface area contributed by atoms with Crippen LogP contribution in [0.15, 0.2) is 0 Å². The summed E-state index contributed by atoms with van der Waals surface area (Å²) in [5.41, 5.74) is -0.559. The van der Waals surface area contributed by atoms with Crippen LogP contribution < -0.4 is 10.1 Å². The summed E-state index contributed by atoms with van der Waals surface area (Å²) in [5.74, 6) is 1.13. The molecule has 0 fully saturated rings. The smallest absolute Gasteiger partial charge is 0.372 e. The summed E-state index contributed by atoms with van der Waals surface area (Å²) in [4.78, 5) is 19.4. The third-order valence-corrected chi connectivity index (χ3v) is 2.45. The van der Waals surface area contributed by atoms with E-state index in [-0.39, 0.29) is 22.9 Å². The number of nitrogens with zero attached hydrogens (tertiary/aromatic N) is 3. The summed E-state index contributed by atoms with van der Waals surface area (Å²) in [6, 6.07) is 0. The lowest BCUT2D eigenvalue weighted by Crippen LogP contribution is -2.28. The first-order chi connectivity index (χ1) is 9.64. The fraction of sp³-hybridized carbons (Fsp3) is 0.714. The predicted molar refractivity (Wildman–Crippen MR) is 81.8 cm³/mol. The quantitative estimate of drug-likeness (QED) is 0.640. The molecule has 0 aliphatic heterocycles. The number of ether oxygens (including phenoxy) is 1. The van der Waals surface area contributed by atoms with Crippen molar-refractivity contribution in [1.82, 2.24) is 9.97 Å². The van der Waals surface area contributed by atoms with Crippen LogP contribution in [0.2, 0.25) is 0 Å². The van der Waals surface area contributed by atoms with Crippen molar-refractivity contribution in [2.24, 2.45) is 5.92 Å². The first-order valence-electron chi connectivity index (χ1n) is 7.10. The first kappa shape index (κ1) is 17.1. The summed E-state index contributed by atoms with van der Waals surface area (Å²) in [6.45, 7) is 11.9. The van der Waals surface area contributed by atoms with Gasteiger partial charge in [0.15, 0.2) is 0 Å². The molecule has 0 unspecified atom stereocenters. The number of nitrogens with one attached hydrogen (secondary N) is 1. The molecule has 1 aromatic rings. The molecule has 0 aliphatic rings. The second-order valence-corrected chi connectivity index (χ2v) is 6.31. The molecular formula is C14H24N4O3. The maximum atomic E-state index is 11.3. The zero-order chi connectivity index (χ0) is 16.2. The van der Waals surface area contributed by atoms with Crippen molar-refractivity contribution in [3.8, 4) is 5.88 Å². The van der Waals surface area contributed by atoms with E-state index >= 15 is 0 Å². The monoisotopic (exact) mass is 296 g/mol. The first-order valence-corrected chi connectivity index (χ1v) is 7.10. The summed E-state index contributed by atoms with van der Waals surface area (Å²) in [6.07, 6.45) is 0.636. The largest absolute Gasteiger partial charge is 0.473 e. The molecule has 1 rings (SSSR count). The van der Waals surface area contributed by atoms with Gasteiger partial charge in [-0.05, 0) is 33.6 Å². The van der Waals surface area contributed by atoms with E-state index < -0.39 is 4.92 Å². The van der Waals surface area contributed by atoms with Crippen LogP contribution in [0.25, 0.3) is 0 Å². The van der Waals surface area contributed by atoms with Gasteiger partial charge in [0, 0.05) is 12.0 Å². The fourth-order valence-electron chi connectivity index (χ4n) is 1.78. The number of hydrogen-bond donors (Lipinski definition) is 1. The Morgan fingerprint density at radius 3 is 2.38 bits per heavy atom. The molecule has 7 nitrogen and oxygen atoms in total. The average Bonchev–Trinajstić information content (AvgIpc) is 2.24. The van der Waals surface area contributed by atoms with Gasteiger partial charge in [-0.15, -0.1) is 0 Å². The minimum Gasteiger partial charge on any atom is -0.473 e. The predicted octanol–water partition coefficient (Wildman–Crippen LogP) is 3.19. The summed E-state index contributed by atoms with van der Waals surface area (Å²) in [7, 11) is 0. The standard InChI is InChI=1S/C14H24N4O3/c1-7-21-13-11(18(19)20)12(17-14(4,5)6)15-10(16-13)8-9(2)3/h9H,7-8H2,1-6H3,(H,15,16,17). The third-order valence-electron chi connectivity index (χ3n) is 2.45. The van der Waals surface area contributed by atoms with Crippen LogP contribution in [0.1, 0.15) is 47.4 Å². The molecule has 7 heteroatoms. The van der Waals surface area contributed by atoms with Crippen LogP contribution in [-0.2, 0) is 6.42 Å². The summed E-state index contributed by atoms with van der Waals surface area (Å²) >= 11 is 0. The normalized spacial score (nSPS) is 11.6. The van der Waals surface area contributed by atoms with Crippen molar-refractivity contribution in [3.05, 3.63) is 15.9 Å². The topological polar surface area (TPSA) is 90.2 Å². The Hall–Kier alpha value is -1.92. The molecule has 1 heterocycles. The van der Waals surface area contributed by atoms with Gasteiger partial charge in [0.25, 0.3) is 5.88 Å². The SMILES string of the molecule is CCOc1nc(CC(C)C)nc(NC(C)(C)C)c1[N+](=O)[O-]. The molecule has 1 N–H and O–H groups in total. The Morgan fingerprint density at radius 1 is 1.33 bits per heavy atom. The molecule has 1 aromatic heterocycles. The van der Waals surface area contributed by atoms with Crippen molar-refractivity contribution in [2.45, 2.75) is 53.5 Å². The van der Waals surface area contributed by atoms with Gasteiger partial charge >= 0.3 is 5.69 Å². The molecule has 0 saturated heterocycles. The van der Waals surface area contributed by atoms with E-state index in [4.69, 9.17) is 4.74 Å². The lowest BCUT2D eigenvalue weighted by atomic mass is 10.1. The highest BCUT2D eigenvalue weighted by Crippen LogP contribution is 2.33. The van der Waals surface area contributed by atoms with Crippen molar-refractivity contribution in [1.29, 1.82) is 0 Å². The fourth-order valence-corrected chi connectivity index (χ4v) is 1.78. The van der Waals surface area contributed by atoms with E-state index in [1.165, 1.54) is 0 Å². The number of anilines is 1. The van der Waals surface area contributed by atoms with Crippen molar-refractivity contribution in [3.63, 3.8) is 0 Å². The van der Waals surface area contributed by atoms with E-state index in [0.717, 1.165) is 0 Å². The Kier molecular flexibility index (Phi) is 5.46. The van der Waals surface area contributed by atoms with Crippen LogP contribution >= 0.6 is 0 Å². The molecule has 0 aromatic carbocycles. The van der Waals surface area contributed by atoms with Crippen LogP contribution in [-0.4, -0.2) is 27.0 Å². The van der Waals surface area contributed by atoms with Gasteiger partial charge in [-0.1, -0.05) is 13.8 Å². The zero-order valence-electron chi connectivity index (χ0n) is 13.6.